The lowest BCUT2D eigenvalue weighted by atomic mass is 10.2. The van der Waals surface area contributed by atoms with E-state index in [4.69, 9.17) is 5.11 Å². The summed E-state index contributed by atoms with van der Waals surface area (Å²) in [6.45, 7) is -0.00907. The van der Waals surface area contributed by atoms with Crippen molar-refractivity contribution in [1.82, 2.24) is 4.98 Å². The standard InChI is InChI=1S/C13H11BrN2O2/c14-12-6-3-10(7-15-12)13(18)16-11-4-1-9(8-17)2-5-11/h1-7,17H,8H2,(H,16,18). The van der Waals surface area contributed by atoms with Gasteiger partial charge in [0.25, 0.3) is 5.91 Å². The molecule has 2 N–H and O–H groups in total. The van der Waals surface area contributed by atoms with Crippen LogP contribution in [0, 0.1) is 0 Å². The quantitative estimate of drug-likeness (QED) is 0.857. The molecule has 0 saturated carbocycles. The molecule has 92 valence electrons. The SMILES string of the molecule is O=C(Nc1ccc(CO)cc1)c1ccc(Br)nc1. The number of benzene rings is 1. The average Bonchev–Trinajstić information content (AvgIpc) is 2.40. The molecule has 0 bridgehead atoms. The largest absolute Gasteiger partial charge is 0.392 e. The summed E-state index contributed by atoms with van der Waals surface area (Å²) in [6.07, 6.45) is 1.50. The Bertz CT molecular complexity index is 538. The molecule has 1 aromatic heterocycles. The molecular weight excluding hydrogens is 296 g/mol. The Kier molecular flexibility index (Phi) is 4.07. The Balaban J connectivity index is 2.08. The molecule has 1 heterocycles. The van der Waals surface area contributed by atoms with Crippen LogP contribution >= 0.6 is 15.9 Å². The zero-order chi connectivity index (χ0) is 13.0. The minimum Gasteiger partial charge on any atom is -0.392 e. The molecule has 5 heteroatoms. The summed E-state index contributed by atoms with van der Waals surface area (Å²) in [5.74, 6) is -0.216. The van der Waals surface area contributed by atoms with Gasteiger partial charge in [-0.1, -0.05) is 12.1 Å². The van der Waals surface area contributed by atoms with E-state index in [1.807, 2.05) is 0 Å². The number of aliphatic hydroxyl groups is 1. The van der Waals surface area contributed by atoms with Gasteiger partial charge in [0.05, 0.1) is 12.2 Å². The second-order valence-corrected chi connectivity index (χ2v) is 4.49. The second kappa shape index (κ2) is 5.75. The highest BCUT2D eigenvalue weighted by molar-refractivity contribution is 9.10. The monoisotopic (exact) mass is 306 g/mol. The Morgan fingerprint density at radius 1 is 1.22 bits per heavy atom. The van der Waals surface area contributed by atoms with E-state index in [-0.39, 0.29) is 12.5 Å². The van der Waals surface area contributed by atoms with Crippen molar-refractivity contribution in [2.24, 2.45) is 0 Å². The van der Waals surface area contributed by atoms with Gasteiger partial charge in [-0.2, -0.15) is 0 Å². The van der Waals surface area contributed by atoms with Gasteiger partial charge in [0.15, 0.2) is 0 Å². The number of halogens is 1. The highest BCUT2D eigenvalue weighted by atomic mass is 79.9. The van der Waals surface area contributed by atoms with Crippen molar-refractivity contribution in [3.8, 4) is 0 Å². The van der Waals surface area contributed by atoms with E-state index in [0.717, 1.165) is 5.56 Å². The molecule has 0 unspecified atom stereocenters. The van der Waals surface area contributed by atoms with Crippen LogP contribution in [0.15, 0.2) is 47.2 Å². The van der Waals surface area contributed by atoms with Crippen LogP contribution in [0.1, 0.15) is 15.9 Å². The first-order valence-electron chi connectivity index (χ1n) is 5.32. The van der Waals surface area contributed by atoms with Crippen LogP contribution in [0.2, 0.25) is 0 Å². The molecule has 0 aliphatic heterocycles. The van der Waals surface area contributed by atoms with Gasteiger partial charge in [-0.05, 0) is 45.8 Å². The molecule has 18 heavy (non-hydrogen) atoms. The van der Waals surface area contributed by atoms with Gasteiger partial charge in [-0.3, -0.25) is 4.79 Å². The zero-order valence-electron chi connectivity index (χ0n) is 9.43. The van der Waals surface area contributed by atoms with Crippen molar-refractivity contribution in [3.63, 3.8) is 0 Å². The van der Waals surface area contributed by atoms with Crippen molar-refractivity contribution < 1.29 is 9.90 Å². The van der Waals surface area contributed by atoms with Gasteiger partial charge in [-0.25, -0.2) is 4.98 Å². The van der Waals surface area contributed by atoms with Crippen molar-refractivity contribution in [2.45, 2.75) is 6.61 Å². The lowest BCUT2D eigenvalue weighted by Crippen LogP contribution is -2.12. The highest BCUT2D eigenvalue weighted by Crippen LogP contribution is 2.12. The molecular formula is C13H11BrN2O2. The molecule has 0 radical (unpaired) electrons. The van der Waals surface area contributed by atoms with Crippen LogP contribution in [0.3, 0.4) is 0 Å². The summed E-state index contributed by atoms with van der Waals surface area (Å²) in [4.78, 5) is 15.9. The number of pyridine rings is 1. The molecule has 0 saturated heterocycles. The number of anilines is 1. The number of nitrogens with one attached hydrogen (secondary N) is 1. The highest BCUT2D eigenvalue weighted by Gasteiger charge is 2.06. The number of rotatable bonds is 3. The molecule has 0 atom stereocenters. The molecule has 0 aliphatic carbocycles. The van der Waals surface area contributed by atoms with Gasteiger partial charge < -0.3 is 10.4 Å². The number of amides is 1. The molecule has 2 aromatic rings. The Hall–Kier alpha value is -1.72. The van der Waals surface area contributed by atoms with Crippen molar-refractivity contribution in [2.75, 3.05) is 5.32 Å². The smallest absolute Gasteiger partial charge is 0.257 e. The van der Waals surface area contributed by atoms with Crippen molar-refractivity contribution >= 4 is 27.5 Å². The summed E-state index contributed by atoms with van der Waals surface area (Å²) in [5, 5.41) is 11.7. The minimum atomic E-state index is -0.216. The first-order chi connectivity index (χ1) is 8.69. The maximum absolute atomic E-state index is 11.9. The fourth-order valence-electron chi connectivity index (χ4n) is 1.41. The molecule has 2 rings (SSSR count). The van der Waals surface area contributed by atoms with Gasteiger partial charge >= 0.3 is 0 Å². The van der Waals surface area contributed by atoms with Crippen LogP contribution in [0.25, 0.3) is 0 Å². The lowest BCUT2D eigenvalue weighted by Gasteiger charge is -2.05. The van der Waals surface area contributed by atoms with Gasteiger partial charge in [-0.15, -0.1) is 0 Å². The van der Waals surface area contributed by atoms with Crippen LogP contribution in [0.4, 0.5) is 5.69 Å². The van der Waals surface area contributed by atoms with E-state index < -0.39 is 0 Å². The summed E-state index contributed by atoms with van der Waals surface area (Å²) in [7, 11) is 0. The Morgan fingerprint density at radius 3 is 2.50 bits per heavy atom. The van der Waals surface area contributed by atoms with E-state index in [2.05, 4.69) is 26.2 Å². The molecule has 1 amide bonds. The maximum atomic E-state index is 11.9. The lowest BCUT2D eigenvalue weighted by molar-refractivity contribution is 0.102. The minimum absolute atomic E-state index is 0.00907. The van der Waals surface area contributed by atoms with Crippen LogP contribution in [0.5, 0.6) is 0 Å². The summed E-state index contributed by atoms with van der Waals surface area (Å²) in [6, 6.07) is 10.4. The van der Waals surface area contributed by atoms with Gasteiger partial charge in [0.2, 0.25) is 0 Å². The van der Waals surface area contributed by atoms with E-state index in [1.165, 1.54) is 6.20 Å². The number of aromatic nitrogens is 1. The number of hydrogen-bond acceptors (Lipinski definition) is 3. The van der Waals surface area contributed by atoms with Crippen molar-refractivity contribution in [1.29, 1.82) is 0 Å². The van der Waals surface area contributed by atoms with E-state index >= 15 is 0 Å². The number of nitrogens with zero attached hydrogens (tertiary/aromatic N) is 1. The summed E-state index contributed by atoms with van der Waals surface area (Å²) < 4.78 is 0.686. The average molecular weight is 307 g/mol. The van der Waals surface area contributed by atoms with Crippen LogP contribution < -0.4 is 5.32 Å². The summed E-state index contributed by atoms with van der Waals surface area (Å²) in [5.41, 5.74) is 1.97. The third kappa shape index (κ3) is 3.15. The van der Waals surface area contributed by atoms with E-state index in [9.17, 15) is 4.79 Å². The maximum Gasteiger partial charge on any atom is 0.257 e. The third-order valence-electron chi connectivity index (χ3n) is 2.38. The second-order valence-electron chi connectivity index (χ2n) is 3.68. The number of hydrogen-bond donors (Lipinski definition) is 2. The molecule has 0 fully saturated rings. The number of carbonyl (C=O) groups is 1. The predicted octanol–water partition coefficient (Wildman–Crippen LogP) is 2.59. The number of aliphatic hydroxyl groups excluding tert-OH is 1. The Morgan fingerprint density at radius 2 is 1.94 bits per heavy atom. The van der Waals surface area contributed by atoms with Crippen LogP contribution in [-0.4, -0.2) is 16.0 Å². The van der Waals surface area contributed by atoms with E-state index in [0.29, 0.717) is 15.9 Å². The molecule has 0 aliphatic rings. The Labute approximate surface area is 113 Å². The molecule has 1 aromatic carbocycles. The normalized spacial score (nSPS) is 10.1. The summed E-state index contributed by atoms with van der Waals surface area (Å²) >= 11 is 3.21. The van der Waals surface area contributed by atoms with Gasteiger partial charge in [0.1, 0.15) is 4.60 Å². The zero-order valence-corrected chi connectivity index (χ0v) is 11.0. The van der Waals surface area contributed by atoms with Crippen molar-refractivity contribution in [3.05, 3.63) is 58.3 Å². The fourth-order valence-corrected chi connectivity index (χ4v) is 1.64. The molecule has 0 spiro atoms. The van der Waals surface area contributed by atoms with Gasteiger partial charge in [0, 0.05) is 11.9 Å². The first-order valence-corrected chi connectivity index (χ1v) is 6.11. The topological polar surface area (TPSA) is 62.2 Å². The first kappa shape index (κ1) is 12.7. The van der Waals surface area contributed by atoms with E-state index in [1.54, 1.807) is 36.4 Å². The number of carbonyl (C=O) groups excluding carboxylic acids is 1. The van der Waals surface area contributed by atoms with Crippen LogP contribution in [-0.2, 0) is 6.61 Å². The predicted molar refractivity (Wildman–Crippen MR) is 72.3 cm³/mol. The molecule has 4 nitrogen and oxygen atoms in total. The third-order valence-corrected chi connectivity index (χ3v) is 2.85. The fraction of sp³-hybridized carbons (Fsp3) is 0.0769.